The van der Waals surface area contributed by atoms with Gasteiger partial charge in [0.1, 0.15) is 5.82 Å². The van der Waals surface area contributed by atoms with Gasteiger partial charge in [-0.15, -0.1) is 0 Å². The Morgan fingerprint density at radius 2 is 1.78 bits per heavy atom. The monoisotopic (exact) mass is 318 g/mol. The van der Waals surface area contributed by atoms with Crippen molar-refractivity contribution in [3.8, 4) is 0 Å². The summed E-state index contributed by atoms with van der Waals surface area (Å²) in [5.41, 5.74) is 1.35. The van der Waals surface area contributed by atoms with E-state index in [2.05, 4.69) is 10.2 Å². The fourth-order valence-corrected chi connectivity index (χ4v) is 3.18. The van der Waals surface area contributed by atoms with Gasteiger partial charge in [0.05, 0.1) is 0 Å². The van der Waals surface area contributed by atoms with Crippen LogP contribution in [0.4, 0.5) is 0 Å². The molecule has 1 aliphatic heterocycles. The van der Waals surface area contributed by atoms with Crippen LogP contribution in [0.1, 0.15) is 40.9 Å². The van der Waals surface area contributed by atoms with Crippen LogP contribution in [0, 0.1) is 13.8 Å². The lowest BCUT2D eigenvalue weighted by molar-refractivity contribution is 0.0686. The van der Waals surface area contributed by atoms with Crippen LogP contribution in [0.3, 0.4) is 0 Å². The van der Waals surface area contributed by atoms with Crippen molar-refractivity contribution in [1.82, 2.24) is 29.0 Å². The molecule has 0 saturated carbocycles. The largest absolute Gasteiger partial charge is 0.345 e. The summed E-state index contributed by atoms with van der Waals surface area (Å²) < 4.78 is 4.81. The molecular formula is C15H22N6O2. The Balaban J connectivity index is 1.71. The van der Waals surface area contributed by atoms with Crippen LogP contribution in [0.5, 0.6) is 0 Å². The van der Waals surface area contributed by atoms with Crippen molar-refractivity contribution in [2.75, 3.05) is 13.1 Å². The number of aryl methyl sites for hydroxylation is 4. The van der Waals surface area contributed by atoms with Gasteiger partial charge in [-0.05, 0) is 32.8 Å². The van der Waals surface area contributed by atoms with Gasteiger partial charge in [-0.25, -0.2) is 9.48 Å². The Bertz CT molecular complexity index is 772. The first kappa shape index (κ1) is 15.5. The van der Waals surface area contributed by atoms with Crippen LogP contribution in [0.25, 0.3) is 0 Å². The second kappa shape index (κ2) is 5.68. The van der Waals surface area contributed by atoms with Crippen LogP contribution in [0.15, 0.2) is 10.9 Å². The molecule has 0 radical (unpaired) electrons. The molecule has 0 atom stereocenters. The normalized spacial score (nSPS) is 16.1. The number of amides is 1. The summed E-state index contributed by atoms with van der Waals surface area (Å²) in [6, 6.07) is 1.91. The van der Waals surface area contributed by atoms with Gasteiger partial charge < -0.3 is 4.90 Å². The molecule has 1 saturated heterocycles. The van der Waals surface area contributed by atoms with Gasteiger partial charge in [0, 0.05) is 38.9 Å². The summed E-state index contributed by atoms with van der Waals surface area (Å²) in [5, 5.41) is 8.42. The molecule has 3 heterocycles. The number of aromatic nitrogens is 5. The molecule has 1 aliphatic rings. The summed E-state index contributed by atoms with van der Waals surface area (Å²) in [7, 11) is 3.49. The summed E-state index contributed by atoms with van der Waals surface area (Å²) in [6.45, 7) is 5.02. The first-order valence-corrected chi connectivity index (χ1v) is 7.80. The Morgan fingerprint density at radius 1 is 1.13 bits per heavy atom. The molecule has 0 bridgehead atoms. The first-order valence-electron chi connectivity index (χ1n) is 7.80. The van der Waals surface area contributed by atoms with Crippen LogP contribution in [-0.4, -0.2) is 48.0 Å². The molecule has 0 aromatic carbocycles. The van der Waals surface area contributed by atoms with E-state index in [0.717, 1.165) is 24.4 Å². The minimum atomic E-state index is -0.0902. The van der Waals surface area contributed by atoms with Gasteiger partial charge >= 0.3 is 5.69 Å². The van der Waals surface area contributed by atoms with E-state index < -0.39 is 0 Å². The predicted octanol–water partition coefficient (Wildman–Crippen LogP) is 0.409. The zero-order valence-electron chi connectivity index (χ0n) is 14.0. The van der Waals surface area contributed by atoms with Gasteiger partial charge in [0.25, 0.3) is 5.91 Å². The van der Waals surface area contributed by atoms with E-state index in [1.54, 1.807) is 16.3 Å². The molecule has 8 nitrogen and oxygen atoms in total. The molecular weight excluding hydrogens is 296 g/mol. The average molecular weight is 318 g/mol. The Kier molecular flexibility index (Phi) is 3.83. The van der Waals surface area contributed by atoms with Crippen molar-refractivity contribution in [3.63, 3.8) is 0 Å². The van der Waals surface area contributed by atoms with Crippen molar-refractivity contribution < 1.29 is 4.79 Å². The molecule has 2 aromatic heterocycles. The minimum Gasteiger partial charge on any atom is -0.337 e. The molecule has 0 spiro atoms. The van der Waals surface area contributed by atoms with Gasteiger partial charge in [-0.3, -0.25) is 14.0 Å². The summed E-state index contributed by atoms with van der Waals surface area (Å²) in [4.78, 5) is 26.5. The highest BCUT2D eigenvalue weighted by Gasteiger charge is 2.28. The Morgan fingerprint density at radius 3 is 2.26 bits per heavy atom. The molecule has 0 N–H and O–H groups in total. The minimum absolute atomic E-state index is 0.0394. The molecule has 3 rings (SSSR count). The maximum Gasteiger partial charge on any atom is 0.345 e. The molecule has 1 fully saturated rings. The van der Waals surface area contributed by atoms with E-state index in [1.165, 1.54) is 4.68 Å². The van der Waals surface area contributed by atoms with Gasteiger partial charge in [0.15, 0.2) is 5.69 Å². The highest BCUT2D eigenvalue weighted by atomic mass is 16.2. The number of carbonyl (C=O) groups is 1. The second-order valence-corrected chi connectivity index (χ2v) is 6.14. The Labute approximate surface area is 134 Å². The molecule has 0 unspecified atom stereocenters. The molecule has 1 amide bonds. The van der Waals surface area contributed by atoms with Crippen LogP contribution in [0.2, 0.25) is 0 Å². The zero-order chi connectivity index (χ0) is 16.7. The van der Waals surface area contributed by atoms with Crippen LogP contribution >= 0.6 is 0 Å². The van der Waals surface area contributed by atoms with Crippen molar-refractivity contribution in [2.24, 2.45) is 14.1 Å². The van der Waals surface area contributed by atoms with E-state index >= 15 is 0 Å². The number of hydrogen-bond acceptors (Lipinski definition) is 4. The predicted molar refractivity (Wildman–Crippen MR) is 84.3 cm³/mol. The maximum absolute atomic E-state index is 12.5. The van der Waals surface area contributed by atoms with E-state index in [-0.39, 0.29) is 17.6 Å². The number of likely N-dealkylation sites (tertiary alicyclic amines) is 1. The lowest BCUT2D eigenvalue weighted by atomic mass is 10.0. The molecule has 124 valence electrons. The standard InChI is InChI=1S/C15H22N6O2/c1-10-9-13(17-18(10)3)14(22)20-7-5-12(6-8-20)21-11(2)16-19(4)15(21)23/h9,12H,5-8H2,1-4H3. The van der Waals surface area contributed by atoms with Gasteiger partial charge in [0.2, 0.25) is 0 Å². The van der Waals surface area contributed by atoms with Crippen LogP contribution < -0.4 is 5.69 Å². The van der Waals surface area contributed by atoms with E-state index in [1.807, 2.05) is 31.9 Å². The second-order valence-electron chi connectivity index (χ2n) is 6.14. The summed E-state index contributed by atoms with van der Waals surface area (Å²) >= 11 is 0. The highest BCUT2D eigenvalue weighted by Crippen LogP contribution is 2.23. The summed E-state index contributed by atoms with van der Waals surface area (Å²) in [5.74, 6) is 0.685. The fourth-order valence-electron chi connectivity index (χ4n) is 3.18. The van der Waals surface area contributed by atoms with Crippen molar-refractivity contribution >= 4 is 5.91 Å². The smallest absolute Gasteiger partial charge is 0.337 e. The number of piperidine rings is 1. The third-order valence-electron chi connectivity index (χ3n) is 4.58. The molecule has 8 heteroatoms. The molecule has 23 heavy (non-hydrogen) atoms. The van der Waals surface area contributed by atoms with Gasteiger partial charge in [-0.2, -0.15) is 10.2 Å². The number of nitrogens with zero attached hydrogens (tertiary/aromatic N) is 6. The topological polar surface area (TPSA) is 78.0 Å². The fraction of sp³-hybridized carbons (Fsp3) is 0.600. The van der Waals surface area contributed by atoms with E-state index in [0.29, 0.717) is 18.8 Å². The summed E-state index contributed by atoms with van der Waals surface area (Å²) in [6.07, 6.45) is 1.51. The van der Waals surface area contributed by atoms with Crippen molar-refractivity contribution in [3.05, 3.63) is 33.8 Å². The average Bonchev–Trinajstić information content (AvgIpc) is 2.98. The number of rotatable bonds is 2. The number of carbonyl (C=O) groups excluding carboxylic acids is 1. The van der Waals surface area contributed by atoms with Crippen molar-refractivity contribution in [1.29, 1.82) is 0 Å². The quantitative estimate of drug-likeness (QED) is 0.803. The number of hydrogen-bond donors (Lipinski definition) is 0. The molecule has 2 aromatic rings. The lowest BCUT2D eigenvalue weighted by Gasteiger charge is -2.32. The van der Waals surface area contributed by atoms with Gasteiger partial charge in [-0.1, -0.05) is 0 Å². The van der Waals surface area contributed by atoms with E-state index in [9.17, 15) is 9.59 Å². The molecule has 0 aliphatic carbocycles. The third kappa shape index (κ3) is 2.69. The Hall–Kier alpha value is -2.38. The van der Waals surface area contributed by atoms with E-state index in [4.69, 9.17) is 0 Å². The zero-order valence-corrected chi connectivity index (χ0v) is 14.0. The van der Waals surface area contributed by atoms with Crippen molar-refractivity contribution in [2.45, 2.75) is 32.7 Å². The SMILES string of the molecule is Cc1cc(C(=O)N2CCC(n3c(C)nn(C)c3=O)CC2)nn1C. The lowest BCUT2D eigenvalue weighted by Crippen LogP contribution is -2.41. The maximum atomic E-state index is 12.5. The highest BCUT2D eigenvalue weighted by molar-refractivity contribution is 5.92. The first-order chi connectivity index (χ1) is 10.9. The third-order valence-corrected chi connectivity index (χ3v) is 4.58. The van der Waals surface area contributed by atoms with Crippen LogP contribution in [-0.2, 0) is 14.1 Å².